The third kappa shape index (κ3) is 3.18. The van der Waals surface area contributed by atoms with E-state index < -0.39 is 0 Å². The van der Waals surface area contributed by atoms with Gasteiger partial charge in [0.1, 0.15) is 0 Å². The second kappa shape index (κ2) is 6.53. The van der Waals surface area contributed by atoms with E-state index in [2.05, 4.69) is 17.9 Å². The Bertz CT molecular complexity index is 354. The summed E-state index contributed by atoms with van der Waals surface area (Å²) in [5.74, 6) is 0.668. The van der Waals surface area contributed by atoms with E-state index in [0.29, 0.717) is 12.5 Å². The molecule has 0 saturated carbocycles. The van der Waals surface area contributed by atoms with E-state index in [-0.39, 0.29) is 18.6 Å². The number of rotatable bonds is 5. The molecule has 0 bridgehead atoms. The number of carbonyl (C=O) groups is 1. The molecular formula is C15H26N2O2. The number of carbonyl (C=O) groups excluding carboxylic acids is 1. The third-order valence-corrected chi connectivity index (χ3v) is 4.50. The maximum absolute atomic E-state index is 12.4. The summed E-state index contributed by atoms with van der Waals surface area (Å²) in [5, 5.41) is 9.45. The van der Waals surface area contributed by atoms with Gasteiger partial charge < -0.3 is 10.0 Å². The summed E-state index contributed by atoms with van der Waals surface area (Å²) in [4.78, 5) is 16.5. The van der Waals surface area contributed by atoms with Crippen molar-refractivity contribution in [3.05, 3.63) is 11.8 Å². The van der Waals surface area contributed by atoms with Gasteiger partial charge in [0.25, 0.3) is 0 Å². The lowest BCUT2D eigenvalue weighted by Crippen LogP contribution is -2.43. The number of amides is 1. The number of aliphatic hydroxyl groups is 1. The fraction of sp³-hybridized carbons (Fsp3) is 0.800. The van der Waals surface area contributed by atoms with Crippen LogP contribution in [0.4, 0.5) is 0 Å². The van der Waals surface area contributed by atoms with Gasteiger partial charge in [0.15, 0.2) is 0 Å². The highest BCUT2D eigenvalue weighted by atomic mass is 16.3. The van der Waals surface area contributed by atoms with Crippen molar-refractivity contribution in [2.45, 2.75) is 45.6 Å². The summed E-state index contributed by atoms with van der Waals surface area (Å²) in [6.07, 6.45) is 6.56. The van der Waals surface area contributed by atoms with Gasteiger partial charge in [-0.15, -0.1) is 0 Å². The number of aliphatic hydroxyl groups excluding tert-OH is 1. The number of allylic oxidation sites excluding steroid dienone is 2. The van der Waals surface area contributed by atoms with Crippen LogP contribution in [0.15, 0.2) is 11.8 Å². The Labute approximate surface area is 116 Å². The molecule has 2 aliphatic rings. The van der Waals surface area contributed by atoms with Crippen molar-refractivity contribution >= 4 is 5.91 Å². The first kappa shape index (κ1) is 14.5. The number of likely N-dealkylation sites (tertiary alicyclic amines) is 1. The monoisotopic (exact) mass is 266 g/mol. The Morgan fingerprint density at radius 3 is 2.95 bits per heavy atom. The number of hydrogen-bond donors (Lipinski definition) is 1. The first-order valence-corrected chi connectivity index (χ1v) is 7.51. The van der Waals surface area contributed by atoms with Gasteiger partial charge in [-0.05, 0) is 45.1 Å². The molecule has 2 rings (SSSR count). The summed E-state index contributed by atoms with van der Waals surface area (Å²) in [5.41, 5.74) is 1.19. The van der Waals surface area contributed by atoms with Gasteiger partial charge in [-0.2, -0.15) is 0 Å². The Morgan fingerprint density at radius 2 is 2.37 bits per heavy atom. The fourth-order valence-corrected chi connectivity index (χ4v) is 3.28. The predicted octanol–water partition coefficient (Wildman–Crippen LogP) is 1.61. The van der Waals surface area contributed by atoms with Gasteiger partial charge in [0, 0.05) is 18.3 Å². The highest BCUT2D eigenvalue weighted by molar-refractivity contribution is 5.80. The zero-order valence-corrected chi connectivity index (χ0v) is 12.1. The summed E-state index contributed by atoms with van der Waals surface area (Å²) in [7, 11) is 0. The number of nitrogens with zero attached hydrogens (tertiary/aromatic N) is 2. The van der Waals surface area contributed by atoms with E-state index in [1.54, 1.807) is 0 Å². The van der Waals surface area contributed by atoms with Crippen molar-refractivity contribution < 1.29 is 9.90 Å². The van der Waals surface area contributed by atoms with Gasteiger partial charge in [-0.25, -0.2) is 0 Å². The molecule has 108 valence electrons. The Morgan fingerprint density at radius 1 is 1.58 bits per heavy atom. The Hall–Kier alpha value is -0.870. The van der Waals surface area contributed by atoms with E-state index in [1.807, 2.05) is 11.8 Å². The van der Waals surface area contributed by atoms with Crippen molar-refractivity contribution in [1.29, 1.82) is 0 Å². The van der Waals surface area contributed by atoms with Crippen molar-refractivity contribution in [1.82, 2.24) is 9.80 Å². The zero-order chi connectivity index (χ0) is 13.8. The van der Waals surface area contributed by atoms with Crippen LogP contribution in [0.2, 0.25) is 0 Å². The van der Waals surface area contributed by atoms with Crippen LogP contribution in [0.25, 0.3) is 0 Å². The summed E-state index contributed by atoms with van der Waals surface area (Å²) < 4.78 is 0. The van der Waals surface area contributed by atoms with Crippen LogP contribution >= 0.6 is 0 Å². The molecule has 0 spiro atoms. The molecule has 1 aliphatic heterocycles. The first-order chi connectivity index (χ1) is 9.17. The molecule has 0 radical (unpaired) electrons. The topological polar surface area (TPSA) is 43.8 Å². The highest BCUT2D eigenvalue weighted by Gasteiger charge is 2.32. The lowest BCUT2D eigenvalue weighted by atomic mass is 10.0. The molecule has 4 heteroatoms. The van der Waals surface area contributed by atoms with E-state index >= 15 is 0 Å². The molecule has 0 aromatic carbocycles. The Balaban J connectivity index is 1.95. The second-order valence-electron chi connectivity index (χ2n) is 5.71. The molecule has 1 amide bonds. The molecule has 0 aromatic heterocycles. The molecule has 2 atom stereocenters. The third-order valence-electron chi connectivity index (χ3n) is 4.50. The molecule has 19 heavy (non-hydrogen) atoms. The normalized spacial score (nSPS) is 27.6. The maximum atomic E-state index is 12.4. The summed E-state index contributed by atoms with van der Waals surface area (Å²) >= 11 is 0. The molecule has 1 fully saturated rings. The van der Waals surface area contributed by atoms with Gasteiger partial charge in [-0.1, -0.05) is 13.0 Å². The van der Waals surface area contributed by atoms with Crippen LogP contribution < -0.4 is 0 Å². The van der Waals surface area contributed by atoms with Crippen LogP contribution in [-0.2, 0) is 4.79 Å². The van der Waals surface area contributed by atoms with Gasteiger partial charge in [0.2, 0.25) is 5.91 Å². The van der Waals surface area contributed by atoms with Crippen molar-refractivity contribution in [2.24, 2.45) is 5.92 Å². The standard InChI is InChI=1S/C15H26N2O2/c1-3-17(13-6-4-5-7-13)15(19)10-16-9-8-12(2)14(16)11-18/h6,12,14,18H,3-5,7-11H2,1-2H3. The van der Waals surface area contributed by atoms with Crippen LogP contribution in [0.3, 0.4) is 0 Å². The van der Waals surface area contributed by atoms with Crippen LogP contribution in [0.5, 0.6) is 0 Å². The molecule has 1 heterocycles. The minimum Gasteiger partial charge on any atom is -0.395 e. The molecule has 1 N–H and O–H groups in total. The minimum absolute atomic E-state index is 0.153. The average molecular weight is 266 g/mol. The van der Waals surface area contributed by atoms with Crippen molar-refractivity contribution in [3.63, 3.8) is 0 Å². The quantitative estimate of drug-likeness (QED) is 0.822. The molecule has 1 saturated heterocycles. The molecule has 2 unspecified atom stereocenters. The summed E-state index contributed by atoms with van der Waals surface area (Å²) in [6.45, 7) is 6.46. The number of hydrogen-bond acceptors (Lipinski definition) is 3. The van der Waals surface area contributed by atoms with Crippen LogP contribution in [0, 0.1) is 5.92 Å². The van der Waals surface area contributed by atoms with E-state index in [4.69, 9.17) is 0 Å². The van der Waals surface area contributed by atoms with Gasteiger partial charge >= 0.3 is 0 Å². The van der Waals surface area contributed by atoms with E-state index in [0.717, 1.165) is 32.4 Å². The van der Waals surface area contributed by atoms with Crippen molar-refractivity contribution in [3.8, 4) is 0 Å². The minimum atomic E-state index is 0.153. The van der Waals surface area contributed by atoms with Gasteiger partial charge in [-0.3, -0.25) is 9.69 Å². The Kier molecular flexibility index (Phi) is 4.99. The van der Waals surface area contributed by atoms with E-state index in [1.165, 1.54) is 12.1 Å². The van der Waals surface area contributed by atoms with Gasteiger partial charge in [0.05, 0.1) is 13.2 Å². The molecule has 4 nitrogen and oxygen atoms in total. The lowest BCUT2D eigenvalue weighted by Gasteiger charge is -2.28. The predicted molar refractivity (Wildman–Crippen MR) is 75.5 cm³/mol. The smallest absolute Gasteiger partial charge is 0.240 e. The molecular weight excluding hydrogens is 240 g/mol. The first-order valence-electron chi connectivity index (χ1n) is 7.51. The number of likely N-dealkylation sites (N-methyl/N-ethyl adjacent to an activating group) is 1. The fourth-order valence-electron chi connectivity index (χ4n) is 3.28. The maximum Gasteiger partial charge on any atom is 0.240 e. The van der Waals surface area contributed by atoms with Crippen molar-refractivity contribution in [2.75, 3.05) is 26.2 Å². The largest absolute Gasteiger partial charge is 0.395 e. The molecule has 1 aliphatic carbocycles. The zero-order valence-electron chi connectivity index (χ0n) is 12.1. The SMILES string of the molecule is CCN(C(=O)CN1CCC(C)C1CO)C1=CCCC1. The highest BCUT2D eigenvalue weighted by Crippen LogP contribution is 2.25. The second-order valence-corrected chi connectivity index (χ2v) is 5.71. The van der Waals surface area contributed by atoms with Crippen LogP contribution in [0.1, 0.15) is 39.5 Å². The lowest BCUT2D eigenvalue weighted by molar-refractivity contribution is -0.130. The van der Waals surface area contributed by atoms with Crippen LogP contribution in [-0.4, -0.2) is 53.1 Å². The average Bonchev–Trinajstić information content (AvgIpc) is 3.01. The summed E-state index contributed by atoms with van der Waals surface area (Å²) in [6, 6.07) is 0.153. The molecule has 0 aromatic rings. The van der Waals surface area contributed by atoms with E-state index in [9.17, 15) is 9.90 Å².